The number of benzene rings is 1. The molecule has 0 atom stereocenters. The molecule has 98 valence electrons. The van der Waals surface area contributed by atoms with Crippen LogP contribution in [-0.4, -0.2) is 17.5 Å². The van der Waals surface area contributed by atoms with Gasteiger partial charge in [-0.25, -0.2) is 0 Å². The maximum atomic E-state index is 9.49. The third-order valence-corrected chi connectivity index (χ3v) is 4.52. The number of aliphatic hydroxyl groups is 1. The van der Waals surface area contributed by atoms with Crippen molar-refractivity contribution in [3.63, 3.8) is 0 Å². The standard InChI is InChI=1S/C14H17BrO3/c1-13(2,8-16)9-6-11-12(7-10(9)15)18-14(17-11)4-3-5-14/h6-7,16H,3-5,8H2,1-2H3. The van der Waals surface area contributed by atoms with E-state index in [1.54, 1.807) is 0 Å². The molecule has 0 unspecified atom stereocenters. The zero-order chi connectivity index (χ0) is 13.0. The SMILES string of the molecule is CC(C)(CO)c1cc2c(cc1Br)OC1(CCC1)O2. The van der Waals surface area contributed by atoms with Crippen LogP contribution in [0, 0.1) is 0 Å². The van der Waals surface area contributed by atoms with E-state index in [1.807, 2.05) is 26.0 Å². The van der Waals surface area contributed by atoms with Crippen LogP contribution in [-0.2, 0) is 5.41 Å². The van der Waals surface area contributed by atoms with Crippen molar-refractivity contribution < 1.29 is 14.6 Å². The molecule has 0 aromatic heterocycles. The molecule has 0 bridgehead atoms. The highest BCUT2D eigenvalue weighted by Gasteiger charge is 2.47. The highest BCUT2D eigenvalue weighted by molar-refractivity contribution is 9.10. The summed E-state index contributed by atoms with van der Waals surface area (Å²) in [5, 5.41) is 9.49. The summed E-state index contributed by atoms with van der Waals surface area (Å²) in [5.41, 5.74) is 0.746. The molecule has 4 heteroatoms. The number of aliphatic hydroxyl groups excluding tert-OH is 1. The van der Waals surface area contributed by atoms with E-state index in [2.05, 4.69) is 15.9 Å². The van der Waals surface area contributed by atoms with Gasteiger partial charge in [0.2, 0.25) is 0 Å². The lowest BCUT2D eigenvalue weighted by Crippen LogP contribution is -2.45. The van der Waals surface area contributed by atoms with Crippen LogP contribution in [0.3, 0.4) is 0 Å². The van der Waals surface area contributed by atoms with Crippen LogP contribution in [0.4, 0.5) is 0 Å². The topological polar surface area (TPSA) is 38.7 Å². The van der Waals surface area contributed by atoms with Crippen molar-refractivity contribution in [2.75, 3.05) is 6.61 Å². The molecule has 3 nitrogen and oxygen atoms in total. The van der Waals surface area contributed by atoms with Gasteiger partial charge < -0.3 is 14.6 Å². The van der Waals surface area contributed by atoms with E-state index in [1.165, 1.54) is 0 Å². The largest absolute Gasteiger partial charge is 0.448 e. The van der Waals surface area contributed by atoms with Crippen LogP contribution < -0.4 is 9.47 Å². The van der Waals surface area contributed by atoms with Crippen molar-refractivity contribution >= 4 is 15.9 Å². The van der Waals surface area contributed by atoms with Crippen LogP contribution >= 0.6 is 15.9 Å². The third-order valence-electron chi connectivity index (χ3n) is 3.87. The zero-order valence-corrected chi connectivity index (χ0v) is 12.2. The summed E-state index contributed by atoms with van der Waals surface area (Å²) in [6.45, 7) is 4.11. The summed E-state index contributed by atoms with van der Waals surface area (Å²) in [7, 11) is 0. The molecule has 1 aliphatic carbocycles. The Bertz CT molecular complexity index is 492. The van der Waals surface area contributed by atoms with E-state index < -0.39 is 5.79 Å². The first-order valence-electron chi connectivity index (χ1n) is 6.29. The zero-order valence-electron chi connectivity index (χ0n) is 10.6. The monoisotopic (exact) mass is 312 g/mol. The average molecular weight is 313 g/mol. The van der Waals surface area contributed by atoms with E-state index in [0.717, 1.165) is 40.8 Å². The lowest BCUT2D eigenvalue weighted by Gasteiger charge is -2.35. The van der Waals surface area contributed by atoms with Crippen molar-refractivity contribution in [3.05, 3.63) is 22.2 Å². The Morgan fingerprint density at radius 3 is 2.39 bits per heavy atom. The van der Waals surface area contributed by atoms with Gasteiger partial charge in [0.05, 0.1) is 6.61 Å². The molecule has 1 heterocycles. The van der Waals surface area contributed by atoms with Crippen LogP contribution in [0.5, 0.6) is 11.5 Å². The Labute approximate surface area is 115 Å². The normalized spacial score (nSPS) is 20.0. The van der Waals surface area contributed by atoms with Gasteiger partial charge in [-0.1, -0.05) is 29.8 Å². The van der Waals surface area contributed by atoms with Gasteiger partial charge in [0.25, 0.3) is 5.79 Å². The average Bonchev–Trinajstić information content (AvgIpc) is 2.66. The summed E-state index contributed by atoms with van der Waals surface area (Å²) in [4.78, 5) is 0. The second kappa shape index (κ2) is 3.87. The summed E-state index contributed by atoms with van der Waals surface area (Å²) in [5.74, 6) is 1.21. The molecule has 0 radical (unpaired) electrons. The molecule has 1 spiro atoms. The van der Waals surface area contributed by atoms with Gasteiger partial charge in [-0.05, 0) is 24.1 Å². The first kappa shape index (κ1) is 12.3. The highest BCUT2D eigenvalue weighted by Crippen LogP contribution is 2.50. The predicted molar refractivity (Wildman–Crippen MR) is 72.1 cm³/mol. The van der Waals surface area contributed by atoms with E-state index in [-0.39, 0.29) is 12.0 Å². The molecular weight excluding hydrogens is 296 g/mol. The summed E-state index contributed by atoms with van der Waals surface area (Å²) in [6, 6.07) is 3.94. The molecule has 1 aromatic carbocycles. The molecular formula is C14H17BrO3. The summed E-state index contributed by atoms with van der Waals surface area (Å²) in [6.07, 6.45) is 3.07. The fourth-order valence-electron chi connectivity index (χ4n) is 2.39. The predicted octanol–water partition coefficient (Wildman–Crippen LogP) is 3.37. The molecule has 0 saturated heterocycles. The van der Waals surface area contributed by atoms with Gasteiger partial charge >= 0.3 is 0 Å². The molecule has 1 saturated carbocycles. The van der Waals surface area contributed by atoms with Crippen LogP contribution in [0.1, 0.15) is 38.7 Å². The van der Waals surface area contributed by atoms with Gasteiger partial charge in [0.1, 0.15) is 0 Å². The van der Waals surface area contributed by atoms with Crippen molar-refractivity contribution in [1.29, 1.82) is 0 Å². The quantitative estimate of drug-likeness (QED) is 0.910. The minimum absolute atomic E-state index is 0.0936. The Kier molecular flexibility index (Phi) is 2.65. The van der Waals surface area contributed by atoms with Crippen LogP contribution in [0.15, 0.2) is 16.6 Å². The van der Waals surface area contributed by atoms with Gasteiger partial charge in [0, 0.05) is 22.7 Å². The number of hydrogen-bond acceptors (Lipinski definition) is 3. The van der Waals surface area contributed by atoms with Crippen LogP contribution in [0.25, 0.3) is 0 Å². The van der Waals surface area contributed by atoms with Crippen molar-refractivity contribution in [3.8, 4) is 11.5 Å². The number of halogens is 1. The number of rotatable bonds is 2. The van der Waals surface area contributed by atoms with E-state index >= 15 is 0 Å². The van der Waals surface area contributed by atoms with Crippen molar-refractivity contribution in [2.24, 2.45) is 0 Å². The van der Waals surface area contributed by atoms with Crippen molar-refractivity contribution in [1.82, 2.24) is 0 Å². The first-order valence-corrected chi connectivity index (χ1v) is 7.08. The Morgan fingerprint density at radius 1 is 1.28 bits per heavy atom. The molecule has 3 rings (SSSR count). The third kappa shape index (κ3) is 1.74. The second-order valence-electron chi connectivity index (χ2n) is 5.79. The van der Waals surface area contributed by atoms with Gasteiger partial charge in [0.15, 0.2) is 11.5 Å². The Balaban J connectivity index is 2.00. The summed E-state index contributed by atoms with van der Waals surface area (Å²) >= 11 is 3.56. The summed E-state index contributed by atoms with van der Waals surface area (Å²) < 4.78 is 12.8. The molecule has 2 aliphatic rings. The minimum atomic E-state index is -0.399. The first-order chi connectivity index (χ1) is 8.46. The van der Waals surface area contributed by atoms with E-state index in [4.69, 9.17) is 9.47 Å². The smallest absolute Gasteiger partial charge is 0.251 e. The fourth-order valence-corrected chi connectivity index (χ4v) is 3.25. The Hall–Kier alpha value is -0.740. The number of hydrogen-bond donors (Lipinski definition) is 1. The van der Waals surface area contributed by atoms with Gasteiger partial charge in [-0.3, -0.25) is 0 Å². The Morgan fingerprint density at radius 2 is 1.89 bits per heavy atom. The highest BCUT2D eigenvalue weighted by atomic mass is 79.9. The van der Waals surface area contributed by atoms with Crippen molar-refractivity contribution in [2.45, 2.75) is 44.3 Å². The molecule has 1 aromatic rings. The molecule has 1 N–H and O–H groups in total. The van der Waals surface area contributed by atoms with Crippen LogP contribution in [0.2, 0.25) is 0 Å². The lowest BCUT2D eigenvalue weighted by atomic mass is 9.85. The lowest BCUT2D eigenvalue weighted by molar-refractivity contribution is -0.138. The minimum Gasteiger partial charge on any atom is -0.448 e. The number of fused-ring (bicyclic) bond motifs is 1. The maximum absolute atomic E-state index is 9.49. The van der Waals surface area contributed by atoms with E-state index in [9.17, 15) is 5.11 Å². The molecule has 1 aliphatic heterocycles. The van der Waals surface area contributed by atoms with Gasteiger partial charge in [-0.2, -0.15) is 0 Å². The molecule has 0 amide bonds. The fraction of sp³-hybridized carbons (Fsp3) is 0.571. The second-order valence-corrected chi connectivity index (χ2v) is 6.64. The maximum Gasteiger partial charge on any atom is 0.251 e. The van der Waals surface area contributed by atoms with Gasteiger partial charge in [-0.15, -0.1) is 0 Å². The van der Waals surface area contributed by atoms with E-state index in [0.29, 0.717) is 0 Å². The molecule has 1 fully saturated rings. The number of ether oxygens (including phenoxy) is 2. The molecule has 18 heavy (non-hydrogen) atoms.